The summed E-state index contributed by atoms with van der Waals surface area (Å²) in [5.74, 6) is 1.63. The maximum Gasteiger partial charge on any atom is 0.257 e. The van der Waals surface area contributed by atoms with Crippen molar-refractivity contribution in [3.8, 4) is 11.5 Å². The molecule has 1 saturated heterocycles. The fourth-order valence-corrected chi connectivity index (χ4v) is 5.18. The summed E-state index contributed by atoms with van der Waals surface area (Å²) in [7, 11) is -3.47. The van der Waals surface area contributed by atoms with E-state index in [2.05, 4.69) is 10.3 Å². The Hall–Kier alpha value is -3.69. The van der Waals surface area contributed by atoms with Crippen molar-refractivity contribution in [1.82, 2.24) is 9.29 Å². The molecule has 1 aliphatic heterocycles. The van der Waals surface area contributed by atoms with E-state index in [1.807, 2.05) is 26.0 Å². The Morgan fingerprint density at radius 2 is 1.82 bits per heavy atom. The highest BCUT2D eigenvalue weighted by molar-refractivity contribution is 7.89. The van der Waals surface area contributed by atoms with E-state index >= 15 is 0 Å². The van der Waals surface area contributed by atoms with E-state index in [1.54, 1.807) is 36.5 Å². The Morgan fingerprint density at radius 1 is 1.06 bits per heavy atom. The fraction of sp³-hybridized carbons (Fsp3) is 0.200. The number of hydrogen-bond donors (Lipinski definition) is 1. The van der Waals surface area contributed by atoms with Crippen molar-refractivity contribution >= 4 is 32.7 Å². The first-order chi connectivity index (χ1) is 16.3. The van der Waals surface area contributed by atoms with Gasteiger partial charge in [-0.1, -0.05) is 6.07 Å². The smallest absolute Gasteiger partial charge is 0.257 e. The number of benzene rings is 2. The number of nitrogens with zero attached hydrogens (tertiary/aromatic N) is 2. The van der Waals surface area contributed by atoms with Gasteiger partial charge >= 0.3 is 0 Å². The molecule has 0 radical (unpaired) electrons. The third-order valence-electron chi connectivity index (χ3n) is 5.64. The minimum atomic E-state index is -3.47. The molecule has 34 heavy (non-hydrogen) atoms. The molecule has 0 unspecified atom stereocenters. The largest absolute Gasteiger partial charge is 0.461 e. The van der Waals surface area contributed by atoms with Gasteiger partial charge in [0, 0.05) is 24.8 Å². The molecule has 4 aromatic rings. The summed E-state index contributed by atoms with van der Waals surface area (Å²) in [5, 5.41) is 3.48. The quantitative estimate of drug-likeness (QED) is 0.425. The zero-order valence-corrected chi connectivity index (χ0v) is 19.6. The number of carbonyl (C=O) groups is 1. The van der Waals surface area contributed by atoms with E-state index in [0.29, 0.717) is 52.7 Å². The molecule has 1 N–H and O–H groups in total. The molecule has 0 saturated carbocycles. The molecule has 174 valence electrons. The van der Waals surface area contributed by atoms with Gasteiger partial charge in [-0.15, -0.1) is 0 Å². The van der Waals surface area contributed by atoms with Gasteiger partial charge in [0.1, 0.15) is 28.7 Å². The lowest BCUT2D eigenvalue weighted by Crippen LogP contribution is -2.41. The van der Waals surface area contributed by atoms with Gasteiger partial charge in [-0.2, -0.15) is 4.31 Å². The Kier molecular flexibility index (Phi) is 5.59. The molecule has 0 bridgehead atoms. The third-order valence-corrected chi connectivity index (χ3v) is 7.56. The Bertz CT molecular complexity index is 1470. The summed E-state index contributed by atoms with van der Waals surface area (Å²) in [6, 6.07) is 15.0. The second-order valence-corrected chi connectivity index (χ2v) is 10.2. The van der Waals surface area contributed by atoms with Gasteiger partial charge in [0.25, 0.3) is 5.91 Å². The highest BCUT2D eigenvalue weighted by Crippen LogP contribution is 2.34. The predicted molar refractivity (Wildman–Crippen MR) is 128 cm³/mol. The monoisotopic (exact) mass is 477 g/mol. The number of rotatable bonds is 6. The summed E-state index contributed by atoms with van der Waals surface area (Å²) < 4.78 is 38.4. The van der Waals surface area contributed by atoms with Crippen LogP contribution in [-0.2, 0) is 10.0 Å². The average Bonchev–Trinajstić information content (AvgIpc) is 3.14. The van der Waals surface area contributed by atoms with Gasteiger partial charge in [-0.05, 0) is 74.4 Å². The molecule has 1 aliphatic rings. The van der Waals surface area contributed by atoms with Crippen molar-refractivity contribution in [2.75, 3.05) is 18.4 Å². The molecule has 9 heteroatoms. The van der Waals surface area contributed by atoms with Gasteiger partial charge in [-0.25, -0.2) is 13.4 Å². The summed E-state index contributed by atoms with van der Waals surface area (Å²) in [5.41, 5.74) is 1.84. The summed E-state index contributed by atoms with van der Waals surface area (Å²) in [6.45, 7) is 4.83. The number of carbonyl (C=O) groups excluding carboxylic acids is 1. The Morgan fingerprint density at radius 3 is 2.47 bits per heavy atom. The van der Waals surface area contributed by atoms with E-state index in [0.717, 1.165) is 12.0 Å². The first-order valence-electron chi connectivity index (χ1n) is 10.9. The van der Waals surface area contributed by atoms with Crippen molar-refractivity contribution < 1.29 is 22.4 Å². The summed E-state index contributed by atoms with van der Waals surface area (Å²) in [6.07, 6.45) is 2.56. The highest BCUT2D eigenvalue weighted by Gasteiger charge is 2.29. The van der Waals surface area contributed by atoms with Crippen LogP contribution in [0.3, 0.4) is 0 Å². The van der Waals surface area contributed by atoms with Crippen LogP contribution in [0.25, 0.3) is 11.0 Å². The highest BCUT2D eigenvalue weighted by atomic mass is 32.2. The molecule has 2 aromatic heterocycles. The molecule has 0 aliphatic carbocycles. The molecular weight excluding hydrogens is 454 g/mol. The van der Waals surface area contributed by atoms with Crippen molar-refractivity contribution in [2.45, 2.75) is 25.2 Å². The first kappa shape index (κ1) is 22.1. The number of furan rings is 1. The molecular formula is C25H23N3O5S. The molecule has 2 aromatic carbocycles. The van der Waals surface area contributed by atoms with E-state index < -0.39 is 10.0 Å². The van der Waals surface area contributed by atoms with Crippen LogP contribution in [0.4, 0.5) is 5.82 Å². The lowest BCUT2D eigenvalue weighted by Gasteiger charge is -2.29. The number of pyridine rings is 1. The third kappa shape index (κ3) is 4.27. The van der Waals surface area contributed by atoms with Crippen molar-refractivity contribution in [1.29, 1.82) is 0 Å². The van der Waals surface area contributed by atoms with E-state index in [4.69, 9.17) is 9.15 Å². The number of sulfonamides is 1. The standard InChI is InChI=1S/C25H23N3O5S/c1-16-4-9-24(26-15-16)27-25(29)18-13-22-21(12-17(2)32-22)23(14-18)33-19-5-7-20(8-6-19)34(30,31)28-10-3-11-28/h4-9,12-15H,3,10-11H2,1-2H3,(H,26,27,29). The van der Waals surface area contributed by atoms with E-state index in [-0.39, 0.29) is 10.8 Å². The van der Waals surface area contributed by atoms with Crippen LogP contribution in [0.1, 0.15) is 28.1 Å². The maximum absolute atomic E-state index is 12.9. The van der Waals surface area contributed by atoms with Crippen LogP contribution in [0.5, 0.6) is 11.5 Å². The predicted octanol–water partition coefficient (Wildman–Crippen LogP) is 4.88. The molecule has 3 heterocycles. The van der Waals surface area contributed by atoms with Gasteiger partial charge in [0.15, 0.2) is 0 Å². The van der Waals surface area contributed by atoms with Crippen molar-refractivity contribution in [2.24, 2.45) is 0 Å². The average molecular weight is 478 g/mol. The van der Waals surface area contributed by atoms with Crippen LogP contribution in [0, 0.1) is 13.8 Å². The number of aryl methyl sites for hydroxylation is 2. The van der Waals surface area contributed by atoms with E-state index in [1.165, 1.54) is 16.4 Å². The number of hydrogen-bond acceptors (Lipinski definition) is 6. The molecule has 0 atom stereocenters. The number of ether oxygens (including phenoxy) is 1. The normalized spacial score (nSPS) is 14.1. The summed E-state index contributed by atoms with van der Waals surface area (Å²) in [4.78, 5) is 17.3. The van der Waals surface area contributed by atoms with Crippen LogP contribution >= 0.6 is 0 Å². The minimum absolute atomic E-state index is 0.225. The summed E-state index contributed by atoms with van der Waals surface area (Å²) >= 11 is 0. The molecule has 0 spiro atoms. The van der Waals surface area contributed by atoms with Crippen LogP contribution in [0.15, 0.2) is 70.1 Å². The zero-order valence-electron chi connectivity index (χ0n) is 18.7. The van der Waals surface area contributed by atoms with Gasteiger partial charge < -0.3 is 14.5 Å². The molecule has 1 amide bonds. The molecule has 5 rings (SSSR count). The number of amides is 1. The Balaban J connectivity index is 1.43. The topological polar surface area (TPSA) is 102 Å². The fourth-order valence-electron chi connectivity index (χ4n) is 3.66. The minimum Gasteiger partial charge on any atom is -0.461 e. The van der Waals surface area contributed by atoms with Crippen molar-refractivity contribution in [3.05, 3.63) is 77.7 Å². The Labute approximate surface area is 197 Å². The van der Waals surface area contributed by atoms with Crippen LogP contribution < -0.4 is 10.1 Å². The second kappa shape index (κ2) is 8.58. The number of fused-ring (bicyclic) bond motifs is 1. The van der Waals surface area contributed by atoms with Gasteiger partial charge in [-0.3, -0.25) is 4.79 Å². The van der Waals surface area contributed by atoms with Crippen LogP contribution in [-0.4, -0.2) is 36.7 Å². The maximum atomic E-state index is 12.9. The number of anilines is 1. The van der Waals surface area contributed by atoms with Crippen LogP contribution in [0.2, 0.25) is 0 Å². The van der Waals surface area contributed by atoms with Gasteiger partial charge in [0.2, 0.25) is 10.0 Å². The first-order valence-corrected chi connectivity index (χ1v) is 12.3. The van der Waals surface area contributed by atoms with E-state index in [9.17, 15) is 13.2 Å². The lowest BCUT2D eigenvalue weighted by molar-refractivity contribution is 0.102. The number of aromatic nitrogens is 1. The molecule has 1 fully saturated rings. The zero-order chi connectivity index (χ0) is 23.9. The SMILES string of the molecule is Cc1ccc(NC(=O)c2cc(Oc3ccc(S(=O)(=O)N4CCC4)cc3)c3cc(C)oc3c2)nc1. The van der Waals surface area contributed by atoms with Gasteiger partial charge in [0.05, 0.1) is 10.3 Å². The van der Waals surface area contributed by atoms with Crippen molar-refractivity contribution in [3.63, 3.8) is 0 Å². The number of nitrogens with one attached hydrogen (secondary N) is 1. The lowest BCUT2D eigenvalue weighted by atomic mass is 10.1. The second-order valence-electron chi connectivity index (χ2n) is 8.25. The molecule has 8 nitrogen and oxygen atoms in total.